The summed E-state index contributed by atoms with van der Waals surface area (Å²) >= 11 is 0. The van der Waals surface area contributed by atoms with Crippen LogP contribution in [0.25, 0.3) is 10.4 Å². The van der Waals surface area contributed by atoms with Crippen LogP contribution in [-0.2, 0) is 11.2 Å². The lowest BCUT2D eigenvalue weighted by molar-refractivity contribution is -0.120. The van der Waals surface area contributed by atoms with Gasteiger partial charge >= 0.3 is 0 Å². The van der Waals surface area contributed by atoms with Crippen LogP contribution in [-0.4, -0.2) is 18.0 Å². The van der Waals surface area contributed by atoms with E-state index in [1.807, 2.05) is 13.8 Å². The average Bonchev–Trinajstić information content (AvgIpc) is 2.48. The molecule has 0 bridgehead atoms. The molecule has 100 valence electrons. The molecule has 0 spiro atoms. The van der Waals surface area contributed by atoms with Crippen LogP contribution < -0.4 is 4.90 Å². The van der Waals surface area contributed by atoms with Gasteiger partial charge in [-0.1, -0.05) is 5.11 Å². The SMILES string of the molecule is CC(C)N1C(=O)C(N=[N+]=[N-])CCc2cc(F)ccc21. The number of rotatable bonds is 2. The van der Waals surface area contributed by atoms with Gasteiger partial charge in [0.05, 0.1) is 0 Å². The summed E-state index contributed by atoms with van der Waals surface area (Å²) in [5.74, 6) is -0.546. The summed E-state index contributed by atoms with van der Waals surface area (Å²) in [6.07, 6.45) is 0.925. The third-order valence-electron chi connectivity index (χ3n) is 3.22. The number of carbonyl (C=O) groups excluding carboxylic acids is 1. The Hall–Kier alpha value is -2.07. The van der Waals surface area contributed by atoms with E-state index in [1.54, 1.807) is 11.0 Å². The van der Waals surface area contributed by atoms with Crippen molar-refractivity contribution >= 4 is 11.6 Å². The van der Waals surface area contributed by atoms with Gasteiger partial charge in [0, 0.05) is 16.6 Å². The molecule has 1 atom stereocenters. The van der Waals surface area contributed by atoms with E-state index >= 15 is 0 Å². The Morgan fingerprint density at radius 3 is 2.89 bits per heavy atom. The van der Waals surface area contributed by atoms with Crippen LogP contribution in [0, 0.1) is 5.82 Å². The first-order valence-electron chi connectivity index (χ1n) is 6.20. The van der Waals surface area contributed by atoms with Crippen LogP contribution in [0.2, 0.25) is 0 Å². The van der Waals surface area contributed by atoms with E-state index in [-0.39, 0.29) is 17.8 Å². The van der Waals surface area contributed by atoms with Gasteiger partial charge in [-0.05, 0) is 56.0 Å². The van der Waals surface area contributed by atoms with E-state index in [0.29, 0.717) is 18.5 Å². The number of halogens is 1. The number of azide groups is 1. The first-order valence-corrected chi connectivity index (χ1v) is 6.20. The summed E-state index contributed by atoms with van der Waals surface area (Å²) in [6.45, 7) is 3.76. The number of hydrogen-bond donors (Lipinski definition) is 0. The average molecular weight is 262 g/mol. The number of fused-ring (bicyclic) bond motifs is 1. The standard InChI is InChI=1S/C13H15FN4O/c1-8(2)18-12-6-4-10(14)7-9(12)3-5-11(13(18)19)16-17-15/h4,6-8,11H,3,5H2,1-2H3. The lowest BCUT2D eigenvalue weighted by Gasteiger charge is -2.28. The minimum atomic E-state index is -0.720. The Labute approximate surface area is 110 Å². The van der Waals surface area contributed by atoms with Crippen LogP contribution in [0.5, 0.6) is 0 Å². The van der Waals surface area contributed by atoms with Crippen molar-refractivity contribution in [1.82, 2.24) is 0 Å². The number of aryl methyl sites for hydroxylation is 1. The minimum Gasteiger partial charge on any atom is -0.309 e. The zero-order valence-corrected chi connectivity index (χ0v) is 10.9. The molecule has 0 saturated heterocycles. The molecule has 1 aromatic rings. The Bertz CT molecular complexity index is 552. The molecule has 0 aliphatic carbocycles. The van der Waals surface area contributed by atoms with Gasteiger partial charge in [-0.15, -0.1) is 0 Å². The predicted molar refractivity (Wildman–Crippen MR) is 70.3 cm³/mol. The fourth-order valence-electron chi connectivity index (χ4n) is 2.39. The number of nitrogens with zero attached hydrogens (tertiary/aromatic N) is 4. The second-order valence-corrected chi connectivity index (χ2v) is 4.83. The van der Waals surface area contributed by atoms with E-state index in [9.17, 15) is 9.18 Å². The van der Waals surface area contributed by atoms with Crippen molar-refractivity contribution in [2.24, 2.45) is 5.11 Å². The lowest BCUT2D eigenvalue weighted by atomic mass is 10.1. The van der Waals surface area contributed by atoms with Crippen molar-refractivity contribution < 1.29 is 9.18 Å². The summed E-state index contributed by atoms with van der Waals surface area (Å²) in [7, 11) is 0. The van der Waals surface area contributed by atoms with E-state index in [2.05, 4.69) is 10.0 Å². The Balaban J connectivity index is 2.52. The van der Waals surface area contributed by atoms with Crippen molar-refractivity contribution in [2.75, 3.05) is 4.90 Å². The zero-order chi connectivity index (χ0) is 14.0. The van der Waals surface area contributed by atoms with Gasteiger partial charge in [0.15, 0.2) is 0 Å². The predicted octanol–water partition coefficient (Wildman–Crippen LogP) is 3.19. The number of amides is 1. The van der Waals surface area contributed by atoms with E-state index in [4.69, 9.17) is 5.53 Å². The van der Waals surface area contributed by atoms with E-state index in [0.717, 1.165) is 5.56 Å². The van der Waals surface area contributed by atoms with Gasteiger partial charge in [0.1, 0.15) is 11.9 Å². The molecule has 0 radical (unpaired) electrons. The quantitative estimate of drug-likeness (QED) is 0.458. The first kappa shape index (κ1) is 13.4. The summed E-state index contributed by atoms with van der Waals surface area (Å²) in [5, 5.41) is 3.56. The van der Waals surface area contributed by atoms with Gasteiger partial charge in [-0.2, -0.15) is 0 Å². The molecule has 0 aromatic heterocycles. The van der Waals surface area contributed by atoms with Crippen molar-refractivity contribution in [3.63, 3.8) is 0 Å². The second kappa shape index (κ2) is 5.28. The van der Waals surface area contributed by atoms with Crippen molar-refractivity contribution in [3.8, 4) is 0 Å². The van der Waals surface area contributed by atoms with Crippen LogP contribution in [0.15, 0.2) is 23.3 Å². The largest absolute Gasteiger partial charge is 0.309 e. The molecule has 5 nitrogen and oxygen atoms in total. The maximum atomic E-state index is 13.3. The van der Waals surface area contributed by atoms with Crippen LogP contribution in [0.3, 0.4) is 0 Å². The topological polar surface area (TPSA) is 69.1 Å². The molecule has 19 heavy (non-hydrogen) atoms. The molecule has 2 rings (SSSR count). The Morgan fingerprint density at radius 2 is 2.26 bits per heavy atom. The van der Waals surface area contributed by atoms with Crippen molar-refractivity contribution in [3.05, 3.63) is 40.0 Å². The Kier molecular flexibility index (Phi) is 3.71. The molecule has 1 aromatic carbocycles. The highest BCUT2D eigenvalue weighted by molar-refractivity contribution is 5.99. The van der Waals surface area contributed by atoms with Gasteiger partial charge in [0.2, 0.25) is 5.91 Å². The fourth-order valence-corrected chi connectivity index (χ4v) is 2.39. The summed E-state index contributed by atoms with van der Waals surface area (Å²) in [5.41, 5.74) is 10.0. The van der Waals surface area contributed by atoms with Crippen LogP contribution in [0.1, 0.15) is 25.8 Å². The smallest absolute Gasteiger partial charge is 0.236 e. The second-order valence-electron chi connectivity index (χ2n) is 4.83. The lowest BCUT2D eigenvalue weighted by Crippen LogP contribution is -2.42. The maximum absolute atomic E-state index is 13.3. The third kappa shape index (κ3) is 2.53. The molecule has 1 unspecified atom stereocenters. The number of anilines is 1. The van der Waals surface area contributed by atoms with Crippen LogP contribution in [0.4, 0.5) is 10.1 Å². The summed E-state index contributed by atoms with van der Waals surface area (Å²) < 4.78 is 13.3. The fraction of sp³-hybridized carbons (Fsp3) is 0.462. The van der Waals surface area contributed by atoms with Gasteiger partial charge in [-0.25, -0.2) is 4.39 Å². The molecule has 1 aliphatic rings. The molecule has 0 fully saturated rings. The highest BCUT2D eigenvalue weighted by atomic mass is 19.1. The number of carbonyl (C=O) groups is 1. The molecule has 0 N–H and O–H groups in total. The molecule has 1 heterocycles. The summed E-state index contributed by atoms with van der Waals surface area (Å²) in [4.78, 5) is 16.7. The maximum Gasteiger partial charge on any atom is 0.236 e. The molecule has 0 saturated carbocycles. The summed E-state index contributed by atoms with van der Waals surface area (Å²) in [6, 6.07) is 3.60. The highest BCUT2D eigenvalue weighted by Crippen LogP contribution is 2.30. The molecular formula is C13H15FN4O. The highest BCUT2D eigenvalue weighted by Gasteiger charge is 2.31. The van der Waals surface area contributed by atoms with Gasteiger partial charge in [0.25, 0.3) is 0 Å². The zero-order valence-electron chi connectivity index (χ0n) is 10.9. The first-order chi connectivity index (χ1) is 9.04. The van der Waals surface area contributed by atoms with Crippen molar-refractivity contribution in [2.45, 2.75) is 38.8 Å². The van der Waals surface area contributed by atoms with Gasteiger partial charge in [-0.3, -0.25) is 4.79 Å². The van der Waals surface area contributed by atoms with Gasteiger partial charge < -0.3 is 4.90 Å². The van der Waals surface area contributed by atoms with Crippen molar-refractivity contribution in [1.29, 1.82) is 0 Å². The van der Waals surface area contributed by atoms with Crippen LogP contribution >= 0.6 is 0 Å². The molecule has 6 heteroatoms. The normalized spacial score (nSPS) is 18.8. The molecule has 1 amide bonds. The Morgan fingerprint density at radius 1 is 1.53 bits per heavy atom. The third-order valence-corrected chi connectivity index (χ3v) is 3.22. The number of benzene rings is 1. The van der Waals surface area contributed by atoms with E-state index in [1.165, 1.54) is 12.1 Å². The molecule has 1 aliphatic heterocycles. The number of hydrogen-bond acceptors (Lipinski definition) is 2. The molecular weight excluding hydrogens is 247 g/mol. The monoisotopic (exact) mass is 262 g/mol. The minimum absolute atomic E-state index is 0.0776. The van der Waals surface area contributed by atoms with E-state index < -0.39 is 6.04 Å².